The molecule has 142 valence electrons. The third-order valence-corrected chi connectivity index (χ3v) is 7.10. The highest BCUT2D eigenvalue weighted by Gasteiger charge is 2.32. The number of carbonyl (C=O) groups is 1. The molecule has 1 aliphatic heterocycles. The number of rotatable bonds is 2. The van der Waals surface area contributed by atoms with Gasteiger partial charge in [0.15, 0.2) is 0 Å². The average Bonchev–Trinajstić information content (AvgIpc) is 2.69. The summed E-state index contributed by atoms with van der Waals surface area (Å²) < 4.78 is 26.7. The topological polar surface area (TPSA) is 66.5 Å². The minimum absolute atomic E-state index is 0.231. The van der Waals surface area contributed by atoms with Crippen molar-refractivity contribution in [3.8, 4) is 11.1 Å². The number of hydrogen-bond donors (Lipinski definition) is 1. The molecule has 0 bridgehead atoms. The molecule has 3 aromatic carbocycles. The zero-order valence-electron chi connectivity index (χ0n) is 15.9. The summed E-state index contributed by atoms with van der Waals surface area (Å²) in [5.41, 5.74) is 5.25. The van der Waals surface area contributed by atoms with Gasteiger partial charge in [-0.1, -0.05) is 30.3 Å². The van der Waals surface area contributed by atoms with Crippen LogP contribution in [-0.4, -0.2) is 21.4 Å². The molecule has 0 fully saturated rings. The Morgan fingerprint density at radius 3 is 2.46 bits per heavy atom. The highest BCUT2D eigenvalue weighted by Crippen LogP contribution is 2.42. The second-order valence-corrected chi connectivity index (χ2v) is 8.84. The van der Waals surface area contributed by atoms with Crippen molar-refractivity contribution in [3.05, 3.63) is 77.4 Å². The van der Waals surface area contributed by atoms with Gasteiger partial charge >= 0.3 is 0 Å². The van der Waals surface area contributed by atoms with Gasteiger partial charge in [-0.25, -0.2) is 8.42 Å². The van der Waals surface area contributed by atoms with Crippen molar-refractivity contribution in [2.24, 2.45) is 0 Å². The summed E-state index contributed by atoms with van der Waals surface area (Å²) in [6.45, 7) is 3.96. The molecule has 0 saturated carbocycles. The van der Waals surface area contributed by atoms with Crippen LogP contribution < -0.4 is 9.62 Å². The lowest BCUT2D eigenvalue weighted by molar-refractivity contribution is 0.102. The van der Waals surface area contributed by atoms with Crippen LogP contribution in [0, 0.1) is 13.8 Å². The SMILES string of the molecule is Cc1cccc(NC(=O)c2ccc3c(c2)-c2ccccc2S(=O)(=O)N3C)c1C. The van der Waals surface area contributed by atoms with Crippen LogP contribution in [0.3, 0.4) is 0 Å². The van der Waals surface area contributed by atoms with Crippen molar-refractivity contribution in [1.82, 2.24) is 0 Å². The number of nitrogens with one attached hydrogen (secondary N) is 1. The number of fused-ring (bicyclic) bond motifs is 3. The third kappa shape index (κ3) is 2.77. The quantitative estimate of drug-likeness (QED) is 0.705. The summed E-state index contributed by atoms with van der Waals surface area (Å²) in [5, 5.41) is 2.95. The lowest BCUT2D eigenvalue weighted by atomic mass is 10.00. The van der Waals surface area contributed by atoms with Gasteiger partial charge in [0.1, 0.15) is 0 Å². The van der Waals surface area contributed by atoms with Gasteiger partial charge in [0.2, 0.25) is 0 Å². The summed E-state index contributed by atoms with van der Waals surface area (Å²) in [4.78, 5) is 13.1. The normalized spacial score (nSPS) is 14.2. The van der Waals surface area contributed by atoms with E-state index >= 15 is 0 Å². The Morgan fingerprint density at radius 1 is 0.929 bits per heavy atom. The molecule has 5 nitrogen and oxygen atoms in total. The number of amides is 1. The maximum absolute atomic E-state index is 12.8. The van der Waals surface area contributed by atoms with Crippen molar-refractivity contribution in [2.75, 3.05) is 16.7 Å². The maximum Gasteiger partial charge on any atom is 0.264 e. The van der Waals surface area contributed by atoms with Gasteiger partial charge in [0.05, 0.1) is 10.6 Å². The van der Waals surface area contributed by atoms with Crippen molar-refractivity contribution < 1.29 is 13.2 Å². The molecule has 1 aliphatic rings. The summed E-state index contributed by atoms with van der Waals surface area (Å²) >= 11 is 0. The molecule has 0 aliphatic carbocycles. The first-order valence-corrected chi connectivity index (χ1v) is 10.3. The second-order valence-electron chi connectivity index (χ2n) is 6.90. The molecule has 0 aromatic heterocycles. The predicted molar refractivity (Wildman–Crippen MR) is 111 cm³/mol. The Kier molecular flexibility index (Phi) is 4.23. The molecule has 0 atom stereocenters. The second kappa shape index (κ2) is 6.49. The third-order valence-electron chi connectivity index (χ3n) is 5.27. The van der Waals surface area contributed by atoms with Crippen LogP contribution in [0.5, 0.6) is 0 Å². The summed E-state index contributed by atoms with van der Waals surface area (Å²) in [6.07, 6.45) is 0. The van der Waals surface area contributed by atoms with E-state index in [1.807, 2.05) is 32.0 Å². The minimum Gasteiger partial charge on any atom is -0.322 e. The number of carbonyl (C=O) groups excluding carboxylic acids is 1. The number of aryl methyl sites for hydroxylation is 1. The van der Waals surface area contributed by atoms with E-state index in [1.54, 1.807) is 42.5 Å². The Morgan fingerprint density at radius 2 is 1.68 bits per heavy atom. The molecule has 1 heterocycles. The first-order valence-electron chi connectivity index (χ1n) is 8.90. The fourth-order valence-electron chi connectivity index (χ4n) is 3.44. The van der Waals surface area contributed by atoms with Crippen LogP contribution in [0.25, 0.3) is 11.1 Å². The van der Waals surface area contributed by atoms with Gasteiger partial charge in [0, 0.05) is 29.4 Å². The van der Waals surface area contributed by atoms with Crippen molar-refractivity contribution in [2.45, 2.75) is 18.7 Å². The van der Waals surface area contributed by atoms with E-state index < -0.39 is 10.0 Å². The molecule has 0 radical (unpaired) electrons. The Bertz CT molecular complexity index is 1220. The average molecular weight is 392 g/mol. The smallest absolute Gasteiger partial charge is 0.264 e. The number of nitrogens with zero attached hydrogens (tertiary/aromatic N) is 1. The number of hydrogen-bond acceptors (Lipinski definition) is 3. The first kappa shape index (κ1) is 18.3. The molecule has 1 N–H and O–H groups in total. The lowest BCUT2D eigenvalue weighted by Crippen LogP contribution is -2.30. The molecule has 0 unspecified atom stereocenters. The van der Waals surface area contributed by atoms with E-state index in [-0.39, 0.29) is 10.8 Å². The van der Waals surface area contributed by atoms with Crippen LogP contribution in [-0.2, 0) is 10.0 Å². The van der Waals surface area contributed by atoms with Gasteiger partial charge in [-0.3, -0.25) is 9.10 Å². The fourth-order valence-corrected chi connectivity index (χ4v) is 4.86. The predicted octanol–water partition coefficient (Wildman–Crippen LogP) is 4.36. The van der Waals surface area contributed by atoms with Crippen molar-refractivity contribution >= 4 is 27.3 Å². The molecule has 4 rings (SSSR count). The first-order chi connectivity index (χ1) is 13.3. The van der Waals surface area contributed by atoms with Gasteiger partial charge in [-0.05, 0) is 55.3 Å². The zero-order valence-corrected chi connectivity index (χ0v) is 16.7. The molecule has 0 spiro atoms. The van der Waals surface area contributed by atoms with Gasteiger partial charge < -0.3 is 5.32 Å². The fraction of sp³-hybridized carbons (Fsp3) is 0.136. The van der Waals surface area contributed by atoms with Gasteiger partial charge in [-0.2, -0.15) is 0 Å². The highest BCUT2D eigenvalue weighted by molar-refractivity contribution is 7.93. The van der Waals surface area contributed by atoms with Crippen LogP contribution in [0.15, 0.2) is 65.6 Å². The highest BCUT2D eigenvalue weighted by atomic mass is 32.2. The molecular formula is C22H20N2O3S. The number of sulfonamides is 1. The van der Waals surface area contributed by atoms with E-state index in [1.165, 1.54) is 11.4 Å². The van der Waals surface area contributed by atoms with E-state index in [0.29, 0.717) is 16.8 Å². The Labute approximate surface area is 164 Å². The van der Waals surface area contributed by atoms with Crippen LogP contribution in [0.2, 0.25) is 0 Å². The Hall–Kier alpha value is -3.12. The zero-order chi connectivity index (χ0) is 20.1. The van der Waals surface area contributed by atoms with E-state index in [2.05, 4.69) is 5.32 Å². The molecule has 1 amide bonds. The molecule has 3 aromatic rings. The van der Waals surface area contributed by atoms with E-state index in [9.17, 15) is 13.2 Å². The number of benzene rings is 3. The van der Waals surface area contributed by atoms with E-state index in [4.69, 9.17) is 0 Å². The van der Waals surface area contributed by atoms with E-state index in [0.717, 1.165) is 22.4 Å². The summed E-state index contributed by atoms with van der Waals surface area (Å²) in [6, 6.07) is 17.7. The standard InChI is InChI=1S/C22H20N2O3S/c1-14-7-6-9-19(15(14)2)23-22(25)16-11-12-20-18(13-16)17-8-4-5-10-21(17)28(26,27)24(20)3/h4-13H,1-3H3,(H,23,25). The summed E-state index contributed by atoms with van der Waals surface area (Å²) in [5.74, 6) is -0.231. The minimum atomic E-state index is -3.59. The van der Waals surface area contributed by atoms with Crippen molar-refractivity contribution in [1.29, 1.82) is 0 Å². The number of anilines is 2. The lowest BCUT2D eigenvalue weighted by Gasteiger charge is -2.29. The van der Waals surface area contributed by atoms with Gasteiger partial charge in [-0.15, -0.1) is 0 Å². The largest absolute Gasteiger partial charge is 0.322 e. The molecule has 28 heavy (non-hydrogen) atoms. The molecule has 6 heteroatoms. The van der Waals surface area contributed by atoms with Crippen molar-refractivity contribution in [3.63, 3.8) is 0 Å². The maximum atomic E-state index is 12.8. The van der Waals surface area contributed by atoms with Crippen LogP contribution >= 0.6 is 0 Å². The molecular weight excluding hydrogens is 372 g/mol. The summed E-state index contributed by atoms with van der Waals surface area (Å²) in [7, 11) is -2.07. The van der Waals surface area contributed by atoms with Crippen LogP contribution in [0.4, 0.5) is 11.4 Å². The monoisotopic (exact) mass is 392 g/mol. The van der Waals surface area contributed by atoms with Crippen LogP contribution in [0.1, 0.15) is 21.5 Å². The van der Waals surface area contributed by atoms with Gasteiger partial charge in [0.25, 0.3) is 15.9 Å². The molecule has 0 saturated heterocycles. The Balaban J connectivity index is 1.78.